The van der Waals surface area contributed by atoms with Crippen LogP contribution in [0.3, 0.4) is 0 Å². The molecular weight excluding hydrogens is 417 g/mol. The summed E-state index contributed by atoms with van der Waals surface area (Å²) in [4.78, 5) is 21.1. The van der Waals surface area contributed by atoms with Gasteiger partial charge in [-0.2, -0.15) is 0 Å². The molecule has 0 spiro atoms. The van der Waals surface area contributed by atoms with Crippen LogP contribution < -0.4 is 16.4 Å². The van der Waals surface area contributed by atoms with E-state index in [-0.39, 0.29) is 36.8 Å². The van der Waals surface area contributed by atoms with Gasteiger partial charge in [0.25, 0.3) is 5.91 Å². The quantitative estimate of drug-likeness (QED) is 0.548. The second-order valence-corrected chi connectivity index (χ2v) is 6.74. The fourth-order valence-corrected chi connectivity index (χ4v) is 3.50. The van der Waals surface area contributed by atoms with Gasteiger partial charge in [-0.1, -0.05) is 36.4 Å². The highest BCUT2D eigenvalue weighted by Crippen LogP contribution is 2.21. The normalized spacial score (nSPS) is 17.0. The molecule has 1 aliphatic rings. The number of aliphatic imine (C=N–C) groups is 1. The van der Waals surface area contributed by atoms with Crippen LogP contribution in [0.25, 0.3) is 16.3 Å². The SMILES string of the molecule is Cl.Cl.NC[C@H](N=C1NC(=O)/C(=C/c2ccc3ncsc3c2)N1)c1ccccc1. The Morgan fingerprint density at radius 3 is 2.68 bits per heavy atom. The number of hydrogen-bond acceptors (Lipinski definition) is 5. The predicted molar refractivity (Wildman–Crippen MR) is 119 cm³/mol. The summed E-state index contributed by atoms with van der Waals surface area (Å²) < 4.78 is 1.08. The van der Waals surface area contributed by atoms with Crippen LogP contribution in [0.4, 0.5) is 0 Å². The average molecular weight is 436 g/mol. The largest absolute Gasteiger partial charge is 0.328 e. The fraction of sp³-hybridized carbons (Fsp3) is 0.105. The standard InChI is InChI=1S/C19H17N5OS.2ClH/c20-10-16(13-4-2-1-3-5-13)23-19-22-15(18(25)24-19)8-12-6-7-14-17(9-12)26-11-21-14;;/h1-9,11,16H,10,20H2,(H2,22,23,24,25);2*1H/b15-8-;;/t16-;;/m0../s1. The summed E-state index contributed by atoms with van der Waals surface area (Å²) in [5.74, 6) is 0.205. The number of hydrogen-bond donors (Lipinski definition) is 3. The molecule has 1 fully saturated rings. The number of benzene rings is 2. The van der Waals surface area contributed by atoms with Crippen molar-refractivity contribution >= 4 is 64.3 Å². The maximum absolute atomic E-state index is 12.2. The smallest absolute Gasteiger partial charge is 0.274 e. The van der Waals surface area contributed by atoms with E-state index < -0.39 is 0 Å². The van der Waals surface area contributed by atoms with Crippen LogP contribution in [0, 0.1) is 0 Å². The number of guanidine groups is 1. The zero-order valence-corrected chi connectivity index (χ0v) is 17.1. The minimum atomic E-state index is -0.216. The molecule has 0 unspecified atom stereocenters. The second kappa shape index (κ2) is 9.66. The molecule has 0 aliphatic carbocycles. The first-order valence-electron chi connectivity index (χ1n) is 8.19. The summed E-state index contributed by atoms with van der Waals surface area (Å²) in [6, 6.07) is 15.5. The highest BCUT2D eigenvalue weighted by atomic mass is 35.5. The highest BCUT2D eigenvalue weighted by molar-refractivity contribution is 7.16. The Morgan fingerprint density at radius 2 is 1.93 bits per heavy atom. The van der Waals surface area contributed by atoms with Crippen molar-refractivity contribution in [2.75, 3.05) is 6.54 Å². The third kappa shape index (κ3) is 4.69. The second-order valence-electron chi connectivity index (χ2n) is 5.86. The third-order valence-corrected chi connectivity index (χ3v) is 4.88. The topological polar surface area (TPSA) is 92.4 Å². The zero-order chi connectivity index (χ0) is 17.9. The molecule has 4 rings (SSSR count). The molecule has 0 bridgehead atoms. The van der Waals surface area contributed by atoms with Crippen molar-refractivity contribution in [1.82, 2.24) is 15.6 Å². The fourth-order valence-electron chi connectivity index (χ4n) is 2.78. The number of thiazole rings is 1. The van der Waals surface area contributed by atoms with E-state index in [1.165, 1.54) is 0 Å². The lowest BCUT2D eigenvalue weighted by Gasteiger charge is -2.11. The van der Waals surface area contributed by atoms with Crippen LogP contribution in [0.15, 0.2) is 64.7 Å². The molecule has 4 N–H and O–H groups in total. The number of nitrogens with two attached hydrogens (primary N) is 1. The van der Waals surface area contributed by atoms with Gasteiger partial charge in [0.1, 0.15) is 5.70 Å². The number of fused-ring (bicyclic) bond motifs is 1. The number of nitrogens with zero attached hydrogens (tertiary/aromatic N) is 2. The summed E-state index contributed by atoms with van der Waals surface area (Å²) in [6.45, 7) is 0.353. The van der Waals surface area contributed by atoms with Crippen molar-refractivity contribution in [3.63, 3.8) is 0 Å². The van der Waals surface area contributed by atoms with Crippen molar-refractivity contribution in [2.45, 2.75) is 6.04 Å². The van der Waals surface area contributed by atoms with Crippen LogP contribution in [0.1, 0.15) is 17.2 Å². The molecule has 1 aromatic heterocycles. The Bertz CT molecular complexity index is 1020. The lowest BCUT2D eigenvalue weighted by molar-refractivity contribution is -0.115. The first-order valence-corrected chi connectivity index (χ1v) is 9.07. The molecule has 6 nitrogen and oxygen atoms in total. The molecule has 2 aromatic carbocycles. The first kappa shape index (κ1) is 21.8. The molecule has 1 aliphatic heterocycles. The van der Waals surface area contributed by atoms with E-state index in [2.05, 4.69) is 20.6 Å². The minimum absolute atomic E-state index is 0. The third-order valence-electron chi connectivity index (χ3n) is 4.09. The average Bonchev–Trinajstić information content (AvgIpc) is 3.26. The van der Waals surface area contributed by atoms with E-state index in [1.807, 2.05) is 54.0 Å². The van der Waals surface area contributed by atoms with E-state index in [4.69, 9.17) is 5.73 Å². The molecule has 9 heteroatoms. The van der Waals surface area contributed by atoms with Gasteiger partial charge >= 0.3 is 0 Å². The summed E-state index contributed by atoms with van der Waals surface area (Å²) >= 11 is 1.57. The Kier molecular flexibility index (Phi) is 7.53. The number of carbonyl (C=O) groups excluding carboxylic acids is 1. The molecular formula is C19H19Cl2N5OS. The molecule has 1 amide bonds. The van der Waals surface area contributed by atoms with E-state index >= 15 is 0 Å². The van der Waals surface area contributed by atoms with Gasteiger partial charge in [-0.05, 0) is 29.3 Å². The van der Waals surface area contributed by atoms with Crippen molar-refractivity contribution in [3.05, 3.63) is 70.9 Å². The van der Waals surface area contributed by atoms with Gasteiger partial charge in [0, 0.05) is 6.54 Å². The molecule has 1 atom stereocenters. The first-order chi connectivity index (χ1) is 12.7. The van der Waals surface area contributed by atoms with Crippen LogP contribution in [-0.4, -0.2) is 23.4 Å². The van der Waals surface area contributed by atoms with Gasteiger partial charge in [-0.3, -0.25) is 10.1 Å². The number of nitrogens with one attached hydrogen (secondary N) is 2. The van der Waals surface area contributed by atoms with Crippen LogP contribution in [0.5, 0.6) is 0 Å². The number of rotatable bonds is 4. The van der Waals surface area contributed by atoms with Crippen molar-refractivity contribution in [3.8, 4) is 0 Å². The Labute approximate surface area is 178 Å². The van der Waals surface area contributed by atoms with Crippen LogP contribution >= 0.6 is 36.2 Å². The van der Waals surface area contributed by atoms with Crippen molar-refractivity contribution in [1.29, 1.82) is 0 Å². The van der Waals surface area contributed by atoms with Crippen LogP contribution in [0.2, 0.25) is 0 Å². The summed E-state index contributed by atoms with van der Waals surface area (Å²) in [7, 11) is 0. The number of amides is 1. The molecule has 2 heterocycles. The maximum Gasteiger partial charge on any atom is 0.274 e. The van der Waals surface area contributed by atoms with Gasteiger partial charge < -0.3 is 11.1 Å². The Balaban J connectivity index is 0.00000140. The van der Waals surface area contributed by atoms with Crippen molar-refractivity contribution in [2.24, 2.45) is 10.7 Å². The van der Waals surface area contributed by atoms with E-state index in [9.17, 15) is 4.79 Å². The van der Waals surface area contributed by atoms with E-state index in [1.54, 1.807) is 17.4 Å². The summed E-state index contributed by atoms with van der Waals surface area (Å²) in [5.41, 5.74) is 11.0. The van der Waals surface area contributed by atoms with Crippen LogP contribution in [-0.2, 0) is 4.79 Å². The monoisotopic (exact) mass is 435 g/mol. The number of aromatic nitrogens is 1. The summed E-state index contributed by atoms with van der Waals surface area (Å²) in [6.07, 6.45) is 1.80. The predicted octanol–water partition coefficient (Wildman–Crippen LogP) is 3.26. The minimum Gasteiger partial charge on any atom is -0.328 e. The zero-order valence-electron chi connectivity index (χ0n) is 14.7. The molecule has 3 aromatic rings. The van der Waals surface area contributed by atoms with Crippen molar-refractivity contribution < 1.29 is 4.79 Å². The van der Waals surface area contributed by atoms with Gasteiger partial charge in [0.2, 0.25) is 5.96 Å². The number of halogens is 2. The van der Waals surface area contributed by atoms with Gasteiger partial charge in [-0.15, -0.1) is 36.2 Å². The molecule has 0 saturated carbocycles. The van der Waals surface area contributed by atoms with E-state index in [0.717, 1.165) is 21.3 Å². The van der Waals surface area contributed by atoms with E-state index in [0.29, 0.717) is 18.2 Å². The van der Waals surface area contributed by atoms with Gasteiger partial charge in [0.15, 0.2) is 0 Å². The molecule has 0 radical (unpaired) electrons. The van der Waals surface area contributed by atoms with Gasteiger partial charge in [0.05, 0.1) is 21.8 Å². The maximum atomic E-state index is 12.2. The number of carbonyl (C=O) groups is 1. The molecule has 28 heavy (non-hydrogen) atoms. The lowest BCUT2D eigenvalue weighted by atomic mass is 10.1. The lowest BCUT2D eigenvalue weighted by Crippen LogP contribution is -2.27. The highest BCUT2D eigenvalue weighted by Gasteiger charge is 2.23. The summed E-state index contributed by atoms with van der Waals surface area (Å²) in [5, 5.41) is 5.81. The molecule has 146 valence electrons. The Hall–Kier alpha value is -2.45. The Morgan fingerprint density at radius 1 is 1.14 bits per heavy atom. The van der Waals surface area contributed by atoms with Gasteiger partial charge in [-0.25, -0.2) is 9.98 Å². The molecule has 1 saturated heterocycles.